The van der Waals surface area contributed by atoms with Crippen LogP contribution in [-0.4, -0.2) is 24.4 Å². The van der Waals surface area contributed by atoms with Crippen LogP contribution in [0, 0.1) is 0 Å². The molecule has 0 saturated heterocycles. The molecule has 1 aliphatic rings. The van der Waals surface area contributed by atoms with Gasteiger partial charge < -0.3 is 14.9 Å². The van der Waals surface area contributed by atoms with Crippen LogP contribution in [0.2, 0.25) is 0 Å². The average molecular weight is 288 g/mol. The number of fused-ring (bicyclic) bond motifs is 1. The number of hydrogen-bond acceptors (Lipinski definition) is 3. The van der Waals surface area contributed by atoms with Crippen LogP contribution in [0.3, 0.4) is 0 Å². The van der Waals surface area contributed by atoms with Gasteiger partial charge in [0.1, 0.15) is 11.9 Å². The number of hydrogen-bond donors (Lipinski definition) is 2. The molecule has 0 fully saturated rings. The molecule has 3 rings (SSSR count). The monoisotopic (exact) mass is 288 g/mol. The Morgan fingerprint density at radius 2 is 1.43 bits per heavy atom. The molecular weight excluding hydrogens is 264 g/mol. The van der Waals surface area contributed by atoms with Crippen LogP contribution in [0.4, 0.5) is 0 Å². The van der Waals surface area contributed by atoms with E-state index in [1.165, 1.54) is 11.1 Å². The van der Waals surface area contributed by atoms with E-state index < -0.39 is 0 Å². The molecule has 21 heavy (non-hydrogen) atoms. The van der Waals surface area contributed by atoms with E-state index >= 15 is 0 Å². The minimum Gasteiger partial charge on any atom is -0.485 e. The maximum absolute atomic E-state index is 7.00. The number of para-hydroxylation sites is 1. The van der Waals surface area contributed by atoms with E-state index in [1.807, 2.05) is 12.1 Å². The summed E-state index contributed by atoms with van der Waals surface area (Å²) >= 11 is 0. The number of aliphatic hydroxyl groups is 2. The number of aliphatic hydroxyl groups excluding tert-OH is 2. The summed E-state index contributed by atoms with van der Waals surface area (Å²) in [7, 11) is 2.00. The van der Waals surface area contributed by atoms with Gasteiger partial charge in [-0.1, -0.05) is 55.5 Å². The maximum atomic E-state index is 7.00. The largest absolute Gasteiger partial charge is 0.485 e. The summed E-state index contributed by atoms with van der Waals surface area (Å²) in [6, 6.07) is 18.8. The minimum absolute atomic E-state index is 0.195. The third kappa shape index (κ3) is 4.31. The molecule has 114 valence electrons. The van der Waals surface area contributed by atoms with Crippen LogP contribution in [0.1, 0.15) is 36.5 Å². The standard InChI is InChI=1S/C16H16O.2CH4O/c1-12-11-16(13-7-3-2-4-8-13)17-15-10-6-5-9-14(12)15;2*1-2/h2-10,12,16H,11H2,1H3;2*2H,1H3. The quantitative estimate of drug-likeness (QED) is 0.844. The lowest BCUT2D eigenvalue weighted by Gasteiger charge is -2.30. The van der Waals surface area contributed by atoms with Crippen LogP contribution < -0.4 is 4.74 Å². The van der Waals surface area contributed by atoms with E-state index in [-0.39, 0.29) is 6.10 Å². The second-order valence-electron chi connectivity index (χ2n) is 4.69. The summed E-state index contributed by atoms with van der Waals surface area (Å²) in [5.41, 5.74) is 2.61. The van der Waals surface area contributed by atoms with Gasteiger partial charge in [0.15, 0.2) is 0 Å². The highest BCUT2D eigenvalue weighted by Gasteiger charge is 2.25. The van der Waals surface area contributed by atoms with Gasteiger partial charge in [0, 0.05) is 14.2 Å². The smallest absolute Gasteiger partial charge is 0.124 e. The van der Waals surface area contributed by atoms with Crippen molar-refractivity contribution in [3.8, 4) is 5.75 Å². The lowest BCUT2D eigenvalue weighted by molar-refractivity contribution is 0.164. The van der Waals surface area contributed by atoms with Crippen LogP contribution >= 0.6 is 0 Å². The molecule has 0 spiro atoms. The second-order valence-corrected chi connectivity index (χ2v) is 4.69. The highest BCUT2D eigenvalue weighted by atomic mass is 16.5. The van der Waals surface area contributed by atoms with Crippen LogP contribution in [0.15, 0.2) is 54.6 Å². The molecule has 0 aromatic heterocycles. The molecule has 2 atom stereocenters. The van der Waals surface area contributed by atoms with Gasteiger partial charge in [-0.3, -0.25) is 0 Å². The Hall–Kier alpha value is -1.84. The number of ether oxygens (including phenoxy) is 1. The van der Waals surface area contributed by atoms with Gasteiger partial charge in [0.2, 0.25) is 0 Å². The maximum Gasteiger partial charge on any atom is 0.124 e. The fraction of sp³-hybridized carbons (Fsp3) is 0.333. The van der Waals surface area contributed by atoms with Crippen molar-refractivity contribution >= 4 is 0 Å². The topological polar surface area (TPSA) is 49.7 Å². The summed E-state index contributed by atoms with van der Waals surface area (Å²) in [6.45, 7) is 2.28. The van der Waals surface area contributed by atoms with Crippen LogP contribution in [0.5, 0.6) is 5.75 Å². The summed E-state index contributed by atoms with van der Waals surface area (Å²) in [6.07, 6.45) is 1.25. The summed E-state index contributed by atoms with van der Waals surface area (Å²) in [5, 5.41) is 14.0. The Kier molecular flexibility index (Phi) is 7.51. The molecule has 0 saturated carbocycles. The molecule has 0 aliphatic carbocycles. The zero-order valence-corrected chi connectivity index (χ0v) is 12.9. The summed E-state index contributed by atoms with van der Waals surface area (Å²) < 4.78 is 6.09. The van der Waals surface area contributed by atoms with Crippen molar-refractivity contribution in [2.75, 3.05) is 14.2 Å². The highest BCUT2D eigenvalue weighted by molar-refractivity contribution is 5.39. The SMILES string of the molecule is CC1CC(c2ccccc2)Oc2ccccc21.CO.CO. The van der Waals surface area contributed by atoms with E-state index in [0.29, 0.717) is 5.92 Å². The Balaban J connectivity index is 0.000000510. The Morgan fingerprint density at radius 1 is 0.857 bits per heavy atom. The molecule has 0 bridgehead atoms. The fourth-order valence-corrected chi connectivity index (χ4v) is 2.52. The lowest BCUT2D eigenvalue weighted by Crippen LogP contribution is -2.17. The molecule has 3 heteroatoms. The van der Waals surface area contributed by atoms with Gasteiger partial charge in [0.25, 0.3) is 0 Å². The highest BCUT2D eigenvalue weighted by Crippen LogP contribution is 2.41. The molecular formula is C18H24O3. The molecule has 0 amide bonds. The number of rotatable bonds is 1. The van der Waals surface area contributed by atoms with E-state index in [2.05, 4.69) is 49.4 Å². The van der Waals surface area contributed by atoms with Crippen molar-refractivity contribution in [3.63, 3.8) is 0 Å². The molecule has 1 aliphatic heterocycles. The summed E-state index contributed by atoms with van der Waals surface area (Å²) in [5.74, 6) is 1.60. The van der Waals surface area contributed by atoms with Crippen molar-refractivity contribution in [3.05, 3.63) is 65.7 Å². The molecule has 2 aromatic rings. The van der Waals surface area contributed by atoms with E-state index in [9.17, 15) is 0 Å². The van der Waals surface area contributed by atoms with E-state index in [4.69, 9.17) is 14.9 Å². The van der Waals surface area contributed by atoms with Gasteiger partial charge in [-0.25, -0.2) is 0 Å². The first-order chi connectivity index (χ1) is 10.3. The average Bonchev–Trinajstić information content (AvgIpc) is 2.59. The molecule has 1 heterocycles. The Labute approximate surface area is 126 Å². The first-order valence-corrected chi connectivity index (χ1v) is 7.04. The molecule has 2 aromatic carbocycles. The van der Waals surface area contributed by atoms with Crippen LogP contribution in [-0.2, 0) is 0 Å². The third-order valence-corrected chi connectivity index (χ3v) is 3.46. The first-order valence-electron chi connectivity index (χ1n) is 7.04. The van der Waals surface area contributed by atoms with Gasteiger partial charge in [-0.15, -0.1) is 0 Å². The lowest BCUT2D eigenvalue weighted by atomic mass is 9.89. The van der Waals surface area contributed by atoms with Gasteiger partial charge in [-0.05, 0) is 29.5 Å². The molecule has 3 nitrogen and oxygen atoms in total. The van der Waals surface area contributed by atoms with Crippen molar-refractivity contribution in [2.24, 2.45) is 0 Å². The van der Waals surface area contributed by atoms with Crippen LogP contribution in [0.25, 0.3) is 0 Å². The summed E-state index contributed by atoms with van der Waals surface area (Å²) in [4.78, 5) is 0. The predicted molar refractivity (Wildman–Crippen MR) is 85.6 cm³/mol. The third-order valence-electron chi connectivity index (χ3n) is 3.46. The van der Waals surface area contributed by atoms with E-state index in [0.717, 1.165) is 26.4 Å². The Morgan fingerprint density at radius 3 is 2.10 bits per heavy atom. The molecule has 0 radical (unpaired) electrons. The second kappa shape index (κ2) is 9.16. The normalized spacial score (nSPS) is 18.9. The van der Waals surface area contributed by atoms with Crippen molar-refractivity contribution < 1.29 is 14.9 Å². The van der Waals surface area contributed by atoms with Gasteiger partial charge in [-0.2, -0.15) is 0 Å². The minimum atomic E-state index is 0.195. The predicted octanol–water partition coefficient (Wildman–Crippen LogP) is 3.53. The van der Waals surface area contributed by atoms with Crippen molar-refractivity contribution in [1.82, 2.24) is 0 Å². The van der Waals surface area contributed by atoms with Gasteiger partial charge in [0.05, 0.1) is 0 Å². The first kappa shape index (κ1) is 17.2. The van der Waals surface area contributed by atoms with Crippen molar-refractivity contribution in [2.45, 2.75) is 25.4 Å². The van der Waals surface area contributed by atoms with E-state index in [1.54, 1.807) is 0 Å². The molecule has 2 unspecified atom stereocenters. The fourth-order valence-electron chi connectivity index (χ4n) is 2.52. The van der Waals surface area contributed by atoms with Gasteiger partial charge >= 0.3 is 0 Å². The van der Waals surface area contributed by atoms with Crippen molar-refractivity contribution in [1.29, 1.82) is 0 Å². The number of benzene rings is 2. The zero-order chi connectivity index (χ0) is 15.7. The molecule has 2 N–H and O–H groups in total. The Bertz CT molecular complexity index is 511. The zero-order valence-electron chi connectivity index (χ0n) is 12.9.